The van der Waals surface area contributed by atoms with E-state index in [1.54, 1.807) is 0 Å². The highest BCUT2D eigenvalue weighted by atomic mass is 14.9. The molecule has 0 saturated carbocycles. The third-order valence-corrected chi connectivity index (χ3v) is 5.85. The maximum Gasteiger partial charge on any atom is 0.0464 e. The van der Waals surface area contributed by atoms with Gasteiger partial charge in [-0.25, -0.2) is 0 Å². The van der Waals surface area contributed by atoms with Gasteiger partial charge in [-0.15, -0.1) is 0 Å². The number of nitrogen functional groups attached to an aromatic ring is 1. The number of hydrogen-bond donors (Lipinski definition) is 2. The molecule has 4 aromatic carbocycles. The molecule has 3 N–H and O–H groups in total. The smallest absolute Gasteiger partial charge is 0.0464 e. The van der Waals surface area contributed by atoms with E-state index in [2.05, 4.69) is 90.3 Å². The SMILES string of the molecule is Nc1ccc(-c2ccc(Nc3ccccc3)c(C3=CCCC=C3)c2)cc1-c1ccccc1. The summed E-state index contributed by atoms with van der Waals surface area (Å²) in [5, 5.41) is 3.60. The Kier molecular flexibility index (Phi) is 5.59. The van der Waals surface area contributed by atoms with Crippen LogP contribution in [-0.2, 0) is 0 Å². The minimum atomic E-state index is 0.792. The van der Waals surface area contributed by atoms with Crippen LogP contribution in [0.1, 0.15) is 18.4 Å². The Labute approximate surface area is 189 Å². The summed E-state index contributed by atoms with van der Waals surface area (Å²) in [6.07, 6.45) is 8.99. The van der Waals surface area contributed by atoms with Gasteiger partial charge in [0.1, 0.15) is 0 Å². The van der Waals surface area contributed by atoms with E-state index in [4.69, 9.17) is 5.73 Å². The fraction of sp³-hybridized carbons (Fsp3) is 0.0667. The lowest BCUT2D eigenvalue weighted by molar-refractivity contribution is 1.04. The highest BCUT2D eigenvalue weighted by molar-refractivity contribution is 5.88. The average molecular weight is 415 g/mol. The van der Waals surface area contributed by atoms with Crippen molar-refractivity contribution in [2.45, 2.75) is 12.8 Å². The van der Waals surface area contributed by atoms with Crippen molar-refractivity contribution in [2.24, 2.45) is 0 Å². The van der Waals surface area contributed by atoms with Crippen LogP contribution < -0.4 is 11.1 Å². The number of benzene rings is 4. The van der Waals surface area contributed by atoms with Crippen LogP contribution in [0.25, 0.3) is 27.8 Å². The third-order valence-electron chi connectivity index (χ3n) is 5.85. The minimum Gasteiger partial charge on any atom is -0.398 e. The topological polar surface area (TPSA) is 38.0 Å². The first kappa shape index (κ1) is 19.9. The molecular formula is C30H26N2. The van der Waals surface area contributed by atoms with Crippen LogP contribution in [0.2, 0.25) is 0 Å². The highest BCUT2D eigenvalue weighted by Gasteiger charge is 2.12. The molecular weight excluding hydrogens is 388 g/mol. The van der Waals surface area contributed by atoms with Crippen LogP contribution in [-0.4, -0.2) is 0 Å². The molecule has 0 heterocycles. The number of rotatable bonds is 5. The Bertz CT molecular complexity index is 1290. The summed E-state index contributed by atoms with van der Waals surface area (Å²) in [6, 6.07) is 33.6. The molecule has 0 spiro atoms. The molecule has 0 amide bonds. The zero-order valence-corrected chi connectivity index (χ0v) is 18.0. The van der Waals surface area contributed by atoms with E-state index in [1.165, 1.54) is 16.7 Å². The standard InChI is InChI=1S/C30H26N2/c31-29-18-16-24(20-27(29)22-10-4-1-5-11-22)25-17-19-30(32-26-14-8-3-9-15-26)28(21-25)23-12-6-2-7-13-23/h1,3-6,8-21,32H,2,7,31H2. The molecule has 0 atom stereocenters. The molecule has 32 heavy (non-hydrogen) atoms. The fourth-order valence-electron chi connectivity index (χ4n) is 4.17. The number of para-hydroxylation sites is 1. The van der Waals surface area contributed by atoms with Gasteiger partial charge in [-0.2, -0.15) is 0 Å². The lowest BCUT2D eigenvalue weighted by Gasteiger charge is -2.17. The quantitative estimate of drug-likeness (QED) is 0.324. The minimum absolute atomic E-state index is 0.792. The Morgan fingerprint density at radius 1 is 0.625 bits per heavy atom. The molecule has 0 radical (unpaired) electrons. The lowest BCUT2D eigenvalue weighted by Crippen LogP contribution is -1.97. The fourth-order valence-corrected chi connectivity index (χ4v) is 4.17. The first-order valence-corrected chi connectivity index (χ1v) is 11.1. The Morgan fingerprint density at radius 2 is 1.31 bits per heavy atom. The van der Waals surface area contributed by atoms with Crippen molar-refractivity contribution < 1.29 is 0 Å². The summed E-state index contributed by atoms with van der Waals surface area (Å²) in [5.41, 5.74) is 16.3. The van der Waals surface area contributed by atoms with Crippen LogP contribution >= 0.6 is 0 Å². The van der Waals surface area contributed by atoms with Gasteiger partial charge < -0.3 is 11.1 Å². The molecule has 2 nitrogen and oxygen atoms in total. The van der Waals surface area contributed by atoms with Gasteiger partial charge in [-0.3, -0.25) is 0 Å². The van der Waals surface area contributed by atoms with E-state index < -0.39 is 0 Å². The summed E-state index contributed by atoms with van der Waals surface area (Å²) in [4.78, 5) is 0. The van der Waals surface area contributed by atoms with Crippen molar-refractivity contribution in [2.75, 3.05) is 11.1 Å². The van der Waals surface area contributed by atoms with Crippen molar-refractivity contribution in [3.05, 3.63) is 121 Å². The van der Waals surface area contributed by atoms with Crippen LogP contribution in [0.4, 0.5) is 17.1 Å². The van der Waals surface area contributed by atoms with Crippen molar-refractivity contribution in [1.29, 1.82) is 0 Å². The molecule has 5 rings (SSSR count). The van der Waals surface area contributed by atoms with Crippen LogP contribution in [0.5, 0.6) is 0 Å². The van der Waals surface area contributed by atoms with Crippen molar-refractivity contribution in [3.63, 3.8) is 0 Å². The molecule has 0 saturated heterocycles. The van der Waals surface area contributed by atoms with E-state index in [9.17, 15) is 0 Å². The second-order valence-corrected chi connectivity index (χ2v) is 8.06. The van der Waals surface area contributed by atoms with Gasteiger partial charge in [0.05, 0.1) is 0 Å². The van der Waals surface area contributed by atoms with E-state index in [1.807, 2.05) is 30.3 Å². The summed E-state index contributed by atoms with van der Waals surface area (Å²) in [5.74, 6) is 0. The monoisotopic (exact) mass is 414 g/mol. The van der Waals surface area contributed by atoms with Crippen LogP contribution in [0.3, 0.4) is 0 Å². The van der Waals surface area contributed by atoms with Gasteiger partial charge in [0, 0.05) is 28.2 Å². The van der Waals surface area contributed by atoms with Gasteiger partial charge in [-0.1, -0.05) is 78.9 Å². The Balaban J connectivity index is 1.58. The van der Waals surface area contributed by atoms with E-state index >= 15 is 0 Å². The van der Waals surface area contributed by atoms with E-state index in [-0.39, 0.29) is 0 Å². The zero-order chi connectivity index (χ0) is 21.8. The second-order valence-electron chi connectivity index (χ2n) is 8.06. The summed E-state index contributed by atoms with van der Waals surface area (Å²) in [7, 11) is 0. The van der Waals surface area contributed by atoms with Crippen molar-refractivity contribution in [3.8, 4) is 22.3 Å². The molecule has 0 fully saturated rings. The van der Waals surface area contributed by atoms with Gasteiger partial charge >= 0.3 is 0 Å². The molecule has 0 bridgehead atoms. The van der Waals surface area contributed by atoms with Gasteiger partial charge in [0.15, 0.2) is 0 Å². The Hall–Kier alpha value is -4.04. The lowest BCUT2D eigenvalue weighted by atomic mass is 9.92. The number of nitrogens with two attached hydrogens (primary N) is 1. The van der Waals surface area contributed by atoms with E-state index in [0.717, 1.165) is 46.6 Å². The van der Waals surface area contributed by atoms with Gasteiger partial charge in [0.2, 0.25) is 0 Å². The maximum atomic E-state index is 6.33. The number of allylic oxidation sites excluding steroid dienone is 4. The normalized spacial score (nSPS) is 12.9. The molecule has 1 aliphatic rings. The molecule has 2 heteroatoms. The third kappa shape index (κ3) is 4.21. The molecule has 4 aromatic rings. The van der Waals surface area contributed by atoms with Gasteiger partial charge in [0.25, 0.3) is 0 Å². The maximum absolute atomic E-state index is 6.33. The first-order chi connectivity index (χ1) is 15.8. The summed E-state index contributed by atoms with van der Waals surface area (Å²) < 4.78 is 0. The molecule has 0 unspecified atom stereocenters. The highest BCUT2D eigenvalue weighted by Crippen LogP contribution is 2.36. The zero-order valence-electron chi connectivity index (χ0n) is 18.0. The predicted octanol–water partition coefficient (Wildman–Crippen LogP) is 8.08. The van der Waals surface area contributed by atoms with Crippen molar-refractivity contribution >= 4 is 22.6 Å². The van der Waals surface area contributed by atoms with Crippen LogP contribution in [0, 0.1) is 0 Å². The molecule has 0 aliphatic heterocycles. The second kappa shape index (κ2) is 8.99. The molecule has 0 aromatic heterocycles. The number of nitrogens with one attached hydrogen (secondary N) is 1. The largest absolute Gasteiger partial charge is 0.398 e. The number of hydrogen-bond acceptors (Lipinski definition) is 2. The molecule has 1 aliphatic carbocycles. The first-order valence-electron chi connectivity index (χ1n) is 11.1. The molecule has 156 valence electrons. The predicted molar refractivity (Wildman–Crippen MR) is 138 cm³/mol. The van der Waals surface area contributed by atoms with E-state index in [0.29, 0.717) is 0 Å². The average Bonchev–Trinajstić information content (AvgIpc) is 2.86. The summed E-state index contributed by atoms with van der Waals surface area (Å²) >= 11 is 0. The van der Waals surface area contributed by atoms with Crippen molar-refractivity contribution in [1.82, 2.24) is 0 Å². The van der Waals surface area contributed by atoms with Crippen LogP contribution in [0.15, 0.2) is 115 Å². The Morgan fingerprint density at radius 3 is 2.03 bits per heavy atom. The number of anilines is 3. The summed E-state index contributed by atoms with van der Waals surface area (Å²) in [6.45, 7) is 0. The van der Waals surface area contributed by atoms with Gasteiger partial charge in [-0.05, 0) is 71.5 Å².